The van der Waals surface area contributed by atoms with Crippen molar-refractivity contribution in [3.63, 3.8) is 0 Å². The van der Waals surface area contributed by atoms with E-state index in [1.54, 1.807) is 18.2 Å². The first-order valence-corrected chi connectivity index (χ1v) is 15.6. The fourth-order valence-electron chi connectivity index (χ4n) is 7.53. The molecule has 1 amide bonds. The number of nitrogens with zero attached hydrogens (tertiary/aromatic N) is 1. The average Bonchev–Trinajstić information content (AvgIpc) is 3.61. The predicted octanol–water partition coefficient (Wildman–Crippen LogP) is 3.68. The molecule has 3 aliphatic rings. The number of carbonyl (C=O) groups excluding carboxylic acids is 2. The van der Waals surface area contributed by atoms with Crippen molar-refractivity contribution >= 4 is 28.6 Å². The predicted molar refractivity (Wildman–Crippen MR) is 161 cm³/mol. The third kappa shape index (κ3) is 5.41. The number of carbonyl (C=O) groups is 3. The van der Waals surface area contributed by atoms with Crippen molar-refractivity contribution < 1.29 is 38.9 Å². The van der Waals surface area contributed by atoms with Crippen LogP contribution in [-0.4, -0.2) is 74.2 Å². The number of Topliss-reactive ketones (excluding diaryl/α,β-unsaturated/α-hetero) is 1. The van der Waals surface area contributed by atoms with Crippen LogP contribution in [0.1, 0.15) is 96.0 Å². The van der Waals surface area contributed by atoms with Gasteiger partial charge in [-0.1, -0.05) is 13.0 Å². The quantitative estimate of drug-likeness (QED) is 0.243. The lowest BCUT2D eigenvalue weighted by molar-refractivity contribution is -0.127. The molecule has 11 nitrogen and oxygen atoms in total. The molecular formula is C33H41N3O8. The topological polar surface area (TPSA) is 179 Å². The Hall–Kier alpha value is -3.67. The number of aromatic amines is 1. The first kappa shape index (κ1) is 30.4. The number of likely N-dealkylation sites (tertiary alicyclic amines) is 1. The molecule has 0 bridgehead atoms. The molecule has 2 fully saturated rings. The first-order chi connectivity index (χ1) is 21.0. The molecule has 0 radical (unpaired) electrons. The maximum Gasteiger partial charge on any atom is 0.352 e. The summed E-state index contributed by atoms with van der Waals surface area (Å²) in [7, 11) is 0. The number of piperidine rings is 1. The summed E-state index contributed by atoms with van der Waals surface area (Å²) in [6.45, 7) is 4.26. The van der Waals surface area contributed by atoms with Gasteiger partial charge in [0.2, 0.25) is 5.91 Å². The normalized spacial score (nSPS) is 27.8. The number of rotatable bonds is 9. The number of ether oxygens (including phenoxy) is 1. The highest BCUT2D eigenvalue weighted by atomic mass is 16.5. The zero-order chi connectivity index (χ0) is 31.2. The van der Waals surface area contributed by atoms with E-state index in [0.717, 1.165) is 19.5 Å². The van der Waals surface area contributed by atoms with Gasteiger partial charge < -0.3 is 40.1 Å². The van der Waals surface area contributed by atoms with Crippen LogP contribution < -0.4 is 10.5 Å². The number of nitrogens with one attached hydrogen (secondary N) is 1. The van der Waals surface area contributed by atoms with Crippen molar-refractivity contribution in [1.29, 1.82) is 0 Å². The lowest BCUT2D eigenvalue weighted by Crippen LogP contribution is -2.50. The van der Waals surface area contributed by atoms with E-state index in [-0.39, 0.29) is 61.4 Å². The van der Waals surface area contributed by atoms with Gasteiger partial charge in [-0.2, -0.15) is 0 Å². The highest BCUT2D eigenvalue weighted by Gasteiger charge is 2.50. The van der Waals surface area contributed by atoms with Crippen molar-refractivity contribution in [2.75, 3.05) is 19.6 Å². The molecule has 1 aromatic carbocycles. The highest BCUT2D eigenvalue weighted by molar-refractivity contribution is 6.05. The van der Waals surface area contributed by atoms with E-state index in [2.05, 4.69) is 9.88 Å². The fourth-order valence-corrected chi connectivity index (χ4v) is 7.53. The fraction of sp³-hybridized carbons (Fsp3) is 0.545. The number of carboxylic acids is 1. The van der Waals surface area contributed by atoms with Crippen molar-refractivity contribution in [2.45, 2.75) is 88.4 Å². The monoisotopic (exact) mass is 607 g/mol. The molecule has 1 aliphatic heterocycles. The number of benzene rings is 1. The molecule has 11 heteroatoms. The van der Waals surface area contributed by atoms with Gasteiger partial charge in [-0.15, -0.1) is 0 Å². The Kier molecular flexibility index (Phi) is 8.06. The second-order valence-electron chi connectivity index (χ2n) is 13.0. The number of hydrogen-bond acceptors (Lipinski definition) is 8. The van der Waals surface area contributed by atoms with Gasteiger partial charge in [-0.05, 0) is 63.0 Å². The van der Waals surface area contributed by atoms with E-state index in [9.17, 15) is 29.7 Å². The largest absolute Gasteiger partial charge is 0.488 e. The van der Waals surface area contributed by atoms with Crippen LogP contribution in [0.2, 0.25) is 0 Å². The number of aliphatic hydroxyl groups is 2. The summed E-state index contributed by atoms with van der Waals surface area (Å²) in [5.41, 5.74) is 5.55. The Morgan fingerprint density at radius 1 is 1.20 bits per heavy atom. The number of furan rings is 1. The van der Waals surface area contributed by atoms with Gasteiger partial charge >= 0.3 is 5.97 Å². The number of H-pyrrole nitrogens is 1. The summed E-state index contributed by atoms with van der Waals surface area (Å²) in [6.07, 6.45) is 5.24. The summed E-state index contributed by atoms with van der Waals surface area (Å²) in [4.78, 5) is 43.7. The van der Waals surface area contributed by atoms with Crippen LogP contribution >= 0.6 is 0 Å². The van der Waals surface area contributed by atoms with Crippen molar-refractivity contribution in [3.05, 3.63) is 52.6 Å². The number of aromatic carboxylic acids is 1. The Balaban J connectivity index is 1.29. The summed E-state index contributed by atoms with van der Waals surface area (Å²) in [6, 6.07) is 5.17. The molecule has 2 aromatic heterocycles. The average molecular weight is 608 g/mol. The summed E-state index contributed by atoms with van der Waals surface area (Å²) < 4.78 is 11.9. The number of fused-ring (bicyclic) bond motifs is 2. The smallest absolute Gasteiger partial charge is 0.352 e. The molecule has 3 heterocycles. The van der Waals surface area contributed by atoms with Crippen molar-refractivity contribution in [1.82, 2.24) is 9.88 Å². The zero-order valence-corrected chi connectivity index (χ0v) is 25.1. The number of amides is 1. The molecule has 2 aliphatic carbocycles. The molecule has 1 saturated carbocycles. The standard InChI is InChI=1S/C33H41N3O8/c1-19-16-36(14-8-22(19)37)15-13-32(42)9-11-33(12-10-32,31(34)41)28-27-21(35-29(28)30(39)40)4-2-6-25(27)44-18-20-17-43-24-7-3-5-23(38)26(20)24/h2,4,6,17,19,22,35,37,42H,3,5,7-16,18H2,1H3,(H2,34,41)(H,39,40)/t19-,22-,32?,33?/m0/s1. The summed E-state index contributed by atoms with van der Waals surface area (Å²) in [5.74, 6) is -0.669. The maximum atomic E-state index is 13.3. The van der Waals surface area contributed by atoms with E-state index >= 15 is 0 Å². The van der Waals surface area contributed by atoms with Crippen LogP contribution in [0.15, 0.2) is 28.9 Å². The number of aromatic nitrogens is 1. The second kappa shape index (κ2) is 11.7. The Morgan fingerprint density at radius 3 is 2.68 bits per heavy atom. The van der Waals surface area contributed by atoms with Crippen LogP contribution in [0.5, 0.6) is 5.75 Å². The summed E-state index contributed by atoms with van der Waals surface area (Å²) in [5, 5.41) is 32.3. The number of aliphatic hydroxyl groups excluding tert-OH is 1. The molecule has 236 valence electrons. The number of carboxylic acid groups (broad SMARTS) is 1. The lowest BCUT2D eigenvalue weighted by atomic mass is 9.63. The molecule has 44 heavy (non-hydrogen) atoms. The van der Waals surface area contributed by atoms with E-state index in [4.69, 9.17) is 14.9 Å². The SMILES string of the molecule is C[C@H]1CN(CCC2(O)CCC(C(N)=O)(c3c(C(=O)O)[nH]c4cccc(OCc5coc6c5C(=O)CCC6)c34)CC2)CC[C@@H]1O. The Bertz CT molecular complexity index is 1580. The van der Waals surface area contributed by atoms with Crippen molar-refractivity contribution in [2.24, 2.45) is 11.7 Å². The third-order valence-corrected chi connectivity index (χ3v) is 10.2. The minimum Gasteiger partial charge on any atom is -0.488 e. The Labute approximate surface area is 255 Å². The van der Waals surface area contributed by atoms with Crippen LogP contribution in [0.4, 0.5) is 0 Å². The molecular weight excluding hydrogens is 566 g/mol. The second-order valence-corrected chi connectivity index (χ2v) is 13.0. The minimum absolute atomic E-state index is 0.0158. The number of nitrogens with two attached hydrogens (primary N) is 1. The van der Waals surface area contributed by atoms with Crippen LogP contribution in [-0.2, 0) is 23.2 Å². The van der Waals surface area contributed by atoms with Crippen LogP contribution in [0.3, 0.4) is 0 Å². The molecule has 6 rings (SSSR count). The number of ketones is 1. The van der Waals surface area contributed by atoms with E-state index in [1.165, 1.54) is 6.26 Å². The maximum absolute atomic E-state index is 13.3. The first-order valence-electron chi connectivity index (χ1n) is 15.6. The molecule has 6 N–H and O–H groups in total. The third-order valence-electron chi connectivity index (χ3n) is 10.2. The van der Waals surface area contributed by atoms with Gasteiger partial charge in [0.1, 0.15) is 23.8 Å². The van der Waals surface area contributed by atoms with Gasteiger partial charge in [-0.25, -0.2) is 4.79 Å². The highest BCUT2D eigenvalue weighted by Crippen LogP contribution is 2.49. The summed E-state index contributed by atoms with van der Waals surface area (Å²) >= 11 is 0. The van der Waals surface area contributed by atoms with E-state index < -0.39 is 22.9 Å². The number of hydrogen-bond donors (Lipinski definition) is 5. The minimum atomic E-state index is -1.34. The van der Waals surface area contributed by atoms with Crippen molar-refractivity contribution in [3.8, 4) is 5.75 Å². The van der Waals surface area contributed by atoms with Crippen LogP contribution in [0.25, 0.3) is 10.9 Å². The van der Waals surface area contributed by atoms with Gasteiger partial charge in [0.05, 0.1) is 34.5 Å². The van der Waals surface area contributed by atoms with Gasteiger partial charge in [-0.3, -0.25) is 9.59 Å². The zero-order valence-electron chi connectivity index (χ0n) is 25.1. The molecule has 0 spiro atoms. The lowest BCUT2D eigenvalue weighted by Gasteiger charge is -2.44. The van der Waals surface area contributed by atoms with E-state index in [0.29, 0.717) is 65.8 Å². The van der Waals surface area contributed by atoms with Gasteiger partial charge in [0.25, 0.3) is 0 Å². The molecule has 2 atom stereocenters. The number of aryl methyl sites for hydroxylation is 1. The molecule has 1 saturated heterocycles. The van der Waals surface area contributed by atoms with Gasteiger partial charge in [0.15, 0.2) is 5.78 Å². The number of primary amides is 1. The molecule has 3 aromatic rings. The van der Waals surface area contributed by atoms with E-state index in [1.807, 2.05) is 6.92 Å². The van der Waals surface area contributed by atoms with Gasteiger partial charge in [0, 0.05) is 49.0 Å². The Morgan fingerprint density at radius 2 is 1.98 bits per heavy atom. The molecule has 0 unspecified atom stereocenters. The van der Waals surface area contributed by atoms with Crippen LogP contribution in [0, 0.1) is 5.92 Å².